The number of fused-ring (bicyclic) bond motifs is 3. The van der Waals surface area contributed by atoms with Gasteiger partial charge in [-0.15, -0.1) is 11.6 Å². The summed E-state index contributed by atoms with van der Waals surface area (Å²) in [7, 11) is -11.1. The van der Waals surface area contributed by atoms with Gasteiger partial charge in [0.15, 0.2) is 35.3 Å². The number of H-pyrrole nitrogens is 2. The zero-order valence-electron chi connectivity index (χ0n) is 56.9. The fourth-order valence-corrected chi connectivity index (χ4v) is 11.6. The molecule has 0 saturated carbocycles. The number of benzene rings is 3. The van der Waals surface area contributed by atoms with E-state index in [1.807, 2.05) is 27.7 Å². The number of sulfone groups is 3. The zero-order valence-corrected chi connectivity index (χ0v) is 61.6. The number of aromatic nitrogens is 7. The van der Waals surface area contributed by atoms with Crippen LogP contribution in [0.3, 0.4) is 0 Å². The van der Waals surface area contributed by atoms with E-state index in [9.17, 15) is 40.6 Å². The molecular formula is C65H92Cl3N9O13S3. The van der Waals surface area contributed by atoms with Crippen molar-refractivity contribution in [1.29, 1.82) is 0 Å². The number of alkyl halides is 1. The summed E-state index contributed by atoms with van der Waals surface area (Å²) < 4.78 is 90.7. The fraction of sp³-hybridized carbons (Fsp3) is 0.492. The summed E-state index contributed by atoms with van der Waals surface area (Å²) in [6.45, 7) is 37.0. The topological polar surface area (TPSA) is 348 Å². The number of nitrogens with one attached hydrogen (secondary N) is 3. The number of aromatic amines is 2. The van der Waals surface area contributed by atoms with Crippen molar-refractivity contribution in [3.63, 3.8) is 0 Å². The zero-order chi connectivity index (χ0) is 71.2. The molecule has 1 aliphatic heterocycles. The largest absolute Gasteiger partial charge is 0.507 e. The fourth-order valence-electron chi connectivity index (χ4n) is 7.25. The Morgan fingerprint density at radius 1 is 0.570 bits per heavy atom. The number of epoxide rings is 1. The van der Waals surface area contributed by atoms with Gasteiger partial charge in [-0.1, -0.05) is 23.2 Å². The number of nitrogen functional groups attached to an aromatic ring is 1. The van der Waals surface area contributed by atoms with E-state index in [0.717, 1.165) is 29.1 Å². The van der Waals surface area contributed by atoms with Gasteiger partial charge in [0.05, 0.1) is 81.4 Å². The molecule has 1 fully saturated rings. The van der Waals surface area contributed by atoms with Crippen molar-refractivity contribution in [2.24, 2.45) is 0 Å². The number of phenolic OH excluding ortho intramolecular Hbond substituents is 1. The van der Waals surface area contributed by atoms with Gasteiger partial charge in [0.2, 0.25) is 0 Å². The number of halogens is 3. The summed E-state index contributed by atoms with van der Waals surface area (Å²) >= 11 is 17.4. The molecule has 514 valence electrons. The monoisotopic (exact) mass is 1410 g/mol. The van der Waals surface area contributed by atoms with Crippen LogP contribution in [0.15, 0.2) is 87.9 Å². The first-order chi connectivity index (χ1) is 42.2. The number of hydrogen-bond acceptors (Lipinski definition) is 20. The lowest BCUT2D eigenvalue weighted by molar-refractivity contribution is 0.0272. The Labute approximate surface area is 562 Å². The number of pyridine rings is 3. The number of nitrogens with zero attached hydrogens (tertiary/aromatic N) is 5. The summed E-state index contributed by atoms with van der Waals surface area (Å²) in [5.74, 6) is 1.58. The van der Waals surface area contributed by atoms with Gasteiger partial charge in [0, 0.05) is 75.5 Å². The Bertz CT molecular complexity index is 4250. The third kappa shape index (κ3) is 21.7. The number of rotatable bonds is 12. The van der Waals surface area contributed by atoms with Crippen molar-refractivity contribution in [1.82, 2.24) is 35.3 Å². The first-order valence-corrected chi connectivity index (χ1v) is 35.1. The lowest BCUT2D eigenvalue weighted by Gasteiger charge is -2.24. The van der Waals surface area contributed by atoms with Crippen LogP contribution in [0.1, 0.15) is 140 Å². The van der Waals surface area contributed by atoms with E-state index in [0.29, 0.717) is 66.0 Å². The summed E-state index contributed by atoms with van der Waals surface area (Å²) in [4.78, 5) is 12.6. The quantitative estimate of drug-likeness (QED) is 0.0416. The average molecular weight is 1410 g/mol. The molecular weight excluding hydrogens is 1320 g/mol. The van der Waals surface area contributed by atoms with E-state index in [1.54, 1.807) is 153 Å². The highest BCUT2D eigenvalue weighted by Gasteiger charge is 2.37. The second-order valence-corrected chi connectivity index (χ2v) is 36.9. The van der Waals surface area contributed by atoms with Gasteiger partial charge in [-0.25, -0.2) is 25.3 Å². The van der Waals surface area contributed by atoms with Gasteiger partial charge >= 0.3 is 0 Å². The highest BCUT2D eigenvalue weighted by molar-refractivity contribution is 7.93. The Balaban J connectivity index is 0.000000264. The van der Waals surface area contributed by atoms with Crippen LogP contribution in [-0.2, 0) is 34.2 Å². The van der Waals surface area contributed by atoms with E-state index in [-0.39, 0.29) is 50.7 Å². The van der Waals surface area contributed by atoms with Crippen molar-refractivity contribution >= 4 is 114 Å². The lowest BCUT2D eigenvalue weighted by atomic mass is 10.1. The van der Waals surface area contributed by atoms with Gasteiger partial charge in [-0.3, -0.25) is 25.1 Å². The summed E-state index contributed by atoms with van der Waals surface area (Å²) in [6.07, 6.45) is 4.68. The molecule has 0 spiro atoms. The molecule has 0 unspecified atom stereocenters. The van der Waals surface area contributed by atoms with Crippen LogP contribution in [-0.4, -0.2) is 143 Å². The van der Waals surface area contributed by atoms with Crippen LogP contribution >= 0.6 is 34.8 Å². The van der Waals surface area contributed by atoms with E-state index in [4.69, 9.17) is 59.9 Å². The highest BCUT2D eigenvalue weighted by atomic mass is 35.5. The van der Waals surface area contributed by atoms with Crippen LogP contribution < -0.4 is 20.5 Å². The maximum atomic E-state index is 13.4. The highest BCUT2D eigenvalue weighted by Crippen LogP contribution is 2.41. The molecule has 5 aromatic heterocycles. The van der Waals surface area contributed by atoms with Crippen molar-refractivity contribution in [2.45, 2.75) is 197 Å². The van der Waals surface area contributed by atoms with Crippen LogP contribution in [0, 0.1) is 27.7 Å². The Morgan fingerprint density at radius 3 is 1.24 bits per heavy atom. The van der Waals surface area contributed by atoms with Gasteiger partial charge in [0.1, 0.15) is 51.0 Å². The third-order valence-corrected chi connectivity index (χ3v) is 22.5. The predicted octanol–water partition coefficient (Wildman–Crippen LogP) is 13.2. The van der Waals surface area contributed by atoms with Crippen molar-refractivity contribution in [3.8, 4) is 17.2 Å². The molecule has 0 aliphatic carbocycles. The summed E-state index contributed by atoms with van der Waals surface area (Å²) in [6, 6.07) is 13.9. The molecule has 6 heterocycles. The number of aromatic hydroxyl groups is 1. The van der Waals surface area contributed by atoms with E-state index < -0.39 is 60.6 Å². The molecule has 8 aromatic rings. The van der Waals surface area contributed by atoms with Crippen LogP contribution in [0.5, 0.6) is 17.2 Å². The Hall–Kier alpha value is -6.13. The first kappa shape index (κ1) is 79.3. The third-order valence-electron chi connectivity index (χ3n) is 13.6. The molecule has 1 aliphatic rings. The smallest absolute Gasteiger partial charge is 0.186 e. The minimum absolute atomic E-state index is 0.0432. The number of nitrogens with two attached hydrogens (primary N) is 1. The number of ether oxygens (including phenoxy) is 3. The predicted molar refractivity (Wildman–Crippen MR) is 372 cm³/mol. The molecule has 9 rings (SSSR count). The molecule has 0 radical (unpaired) electrons. The molecule has 0 atom stereocenters. The summed E-state index contributed by atoms with van der Waals surface area (Å²) in [5.41, 5.74) is 8.97. The number of aliphatic hydroxyl groups is 3. The lowest BCUT2D eigenvalue weighted by Crippen LogP contribution is -2.30. The van der Waals surface area contributed by atoms with Crippen LogP contribution in [0.25, 0.3) is 32.7 Å². The Morgan fingerprint density at radius 2 is 0.914 bits per heavy atom. The van der Waals surface area contributed by atoms with Crippen molar-refractivity contribution in [2.75, 3.05) is 36.8 Å². The molecule has 0 amide bonds. The van der Waals surface area contributed by atoms with Gasteiger partial charge < -0.3 is 45.7 Å². The van der Waals surface area contributed by atoms with Crippen molar-refractivity contribution in [3.05, 3.63) is 106 Å². The second-order valence-electron chi connectivity index (χ2n) is 27.8. The van der Waals surface area contributed by atoms with Crippen molar-refractivity contribution < 1.29 is 59.9 Å². The minimum atomic E-state index is -3.74. The molecule has 0 bridgehead atoms. The number of hydrogen-bond donors (Lipinski definition) is 8. The maximum absolute atomic E-state index is 13.4. The SMILES string of the molecule is CC(C)(C)S(=O)(=O)c1cc2c(Cl)ccnc2cc1O.CC(C)(O)CCl.CC(C)(O)COc1cc2nccc(Cl)c2cc1S(=O)(=O)C(C)(C)C.CC1(C)CO1.Cc1[nH]nc(N)c1C.Cc1[nH]nc(Nc2ccnc3cc(OCC(C)(C)O)c(S(=O)(=O)C(C)(C)C)cc23)c1C. The average Bonchev–Trinajstić information content (AvgIpc) is 0.842. The van der Waals surface area contributed by atoms with Crippen LogP contribution in [0.4, 0.5) is 17.3 Å². The van der Waals surface area contributed by atoms with Gasteiger partial charge in [-0.05, 0) is 182 Å². The number of phenols is 1. The van der Waals surface area contributed by atoms with E-state index in [1.165, 1.54) is 24.4 Å². The maximum Gasteiger partial charge on any atom is 0.186 e. The molecule has 93 heavy (non-hydrogen) atoms. The molecule has 3 aromatic carbocycles. The second kappa shape index (κ2) is 29.9. The molecule has 22 nitrogen and oxygen atoms in total. The minimum Gasteiger partial charge on any atom is -0.507 e. The molecule has 1 saturated heterocycles. The first-order valence-electron chi connectivity index (χ1n) is 29.4. The summed E-state index contributed by atoms with van der Waals surface area (Å²) in [5, 5.41) is 58.1. The van der Waals surface area contributed by atoms with E-state index >= 15 is 0 Å². The molecule has 9 N–H and O–H groups in total. The normalized spacial score (nSPS) is 13.6. The van der Waals surface area contributed by atoms with E-state index in [2.05, 4.69) is 54.5 Å². The van der Waals surface area contributed by atoms with Crippen LogP contribution in [0.2, 0.25) is 10.0 Å². The van der Waals surface area contributed by atoms with Gasteiger partial charge in [0.25, 0.3) is 0 Å². The Kier molecular flexibility index (Phi) is 25.5. The number of anilines is 3. The number of aryl methyl sites for hydroxylation is 2. The molecule has 28 heteroatoms. The van der Waals surface area contributed by atoms with Gasteiger partial charge in [-0.2, -0.15) is 10.2 Å². The standard InChI is InChI=1S/C22H30N4O4S.C17H22ClNO4S.C13H14ClNO3S.C5H9N3.C4H9ClO.C4H8O/c1-13-14(2)25-26-20(13)24-16-8-9-23-17-11-18(30-12-22(6,7)27)19(10-15(16)17)31(28,29)21(3,4)5;1-16(2,3)24(21,22)15-8-11-12(18)6-7-19-13(11)9-14(15)23-10-17(4,5)20;1-13(2,3)19(17,18)12-6-8-9(14)4-5-15-10(8)7-11(12)16;1-3-4(2)7-8-5(3)6;1-4(2,6)3-5;1-4(2)3-5-4/h8-11,27H,12H2,1-7H3,(H2,23,24,25,26);6-9,20H,10H2,1-5H3;4-7,16H,1-3H3;1-2H3,(H3,6,7,8);6H,3H2,1-2H3;3H2,1-2H3.